The molecule has 1 N–H and O–H groups in total. The van der Waals surface area contributed by atoms with Gasteiger partial charge in [0.05, 0.1) is 2.88 Å². The summed E-state index contributed by atoms with van der Waals surface area (Å²) in [5, 5.41) is 5.62. The van der Waals surface area contributed by atoms with Gasteiger partial charge in [0.15, 0.2) is 0 Å². The van der Waals surface area contributed by atoms with Crippen LogP contribution in [-0.2, 0) is 6.42 Å². The van der Waals surface area contributed by atoms with Crippen LogP contribution in [0.3, 0.4) is 0 Å². The normalized spacial score (nSPS) is 12.6. The zero-order valence-electron chi connectivity index (χ0n) is 9.41. The van der Waals surface area contributed by atoms with E-state index in [1.807, 2.05) is 7.05 Å². The van der Waals surface area contributed by atoms with Crippen LogP contribution in [0.15, 0.2) is 40.2 Å². The average molecular weight is 422 g/mol. The summed E-state index contributed by atoms with van der Waals surface area (Å²) >= 11 is 7.68. The van der Waals surface area contributed by atoms with E-state index in [1.165, 1.54) is 14.0 Å². The van der Waals surface area contributed by atoms with Gasteiger partial charge in [0.25, 0.3) is 0 Å². The lowest BCUT2D eigenvalue weighted by Crippen LogP contribution is -2.18. The highest BCUT2D eigenvalue weighted by molar-refractivity contribution is 14.1. The maximum atomic E-state index is 3.51. The van der Waals surface area contributed by atoms with Gasteiger partial charge in [-0.25, -0.2) is 0 Å². The summed E-state index contributed by atoms with van der Waals surface area (Å²) in [5.74, 6) is 0. The number of hydrogen-bond acceptors (Lipinski definition) is 2. The Morgan fingerprint density at radius 2 is 2.24 bits per heavy atom. The van der Waals surface area contributed by atoms with Crippen molar-refractivity contribution < 1.29 is 0 Å². The van der Waals surface area contributed by atoms with Gasteiger partial charge in [-0.15, -0.1) is 11.3 Å². The number of likely N-dealkylation sites (N-methyl/N-ethyl adjacent to an activating group) is 1. The highest BCUT2D eigenvalue weighted by Crippen LogP contribution is 2.25. The third-order valence-corrected chi connectivity index (χ3v) is 4.97. The van der Waals surface area contributed by atoms with Crippen molar-refractivity contribution in [3.63, 3.8) is 0 Å². The predicted molar refractivity (Wildman–Crippen MR) is 86.7 cm³/mol. The quantitative estimate of drug-likeness (QED) is 0.710. The van der Waals surface area contributed by atoms with E-state index in [1.54, 1.807) is 11.3 Å². The smallest absolute Gasteiger partial charge is 0.0656 e. The molecule has 2 rings (SSSR count). The highest BCUT2D eigenvalue weighted by atomic mass is 127. The number of nitrogens with one attached hydrogen (secondary N) is 1. The van der Waals surface area contributed by atoms with Crippen LogP contribution in [0, 0.1) is 2.88 Å². The van der Waals surface area contributed by atoms with Gasteiger partial charge >= 0.3 is 0 Å². The molecule has 0 aliphatic carbocycles. The molecule has 2 aromatic rings. The lowest BCUT2D eigenvalue weighted by molar-refractivity contribution is 0.593. The van der Waals surface area contributed by atoms with Crippen molar-refractivity contribution in [1.29, 1.82) is 0 Å². The molecule has 17 heavy (non-hydrogen) atoms. The molecule has 1 atom stereocenters. The summed E-state index contributed by atoms with van der Waals surface area (Å²) in [6, 6.07) is 11.2. The molecular weight excluding hydrogens is 409 g/mol. The fourth-order valence-corrected chi connectivity index (χ4v) is 3.67. The summed E-state index contributed by atoms with van der Waals surface area (Å²) in [7, 11) is 2.02. The van der Waals surface area contributed by atoms with Crippen molar-refractivity contribution >= 4 is 49.9 Å². The summed E-state index contributed by atoms with van der Waals surface area (Å²) in [6.07, 6.45) is 1.02. The van der Waals surface area contributed by atoms with Gasteiger partial charge in [-0.3, -0.25) is 0 Å². The molecule has 0 fully saturated rings. The molecule has 0 spiro atoms. The Bertz CT molecular complexity index is 498. The summed E-state index contributed by atoms with van der Waals surface area (Å²) in [4.78, 5) is 0. The largest absolute Gasteiger partial charge is 0.313 e. The molecule has 0 saturated carbocycles. The SMILES string of the molecule is CNC(Cc1cccc(Br)c1)c1csc(I)c1. The van der Waals surface area contributed by atoms with E-state index in [0.717, 1.165) is 10.9 Å². The minimum atomic E-state index is 0.393. The number of thiophene rings is 1. The second kappa shape index (κ2) is 6.31. The Balaban J connectivity index is 2.15. The predicted octanol–water partition coefficient (Wildman–Crippen LogP) is 4.62. The van der Waals surface area contributed by atoms with Gasteiger partial charge in [0.1, 0.15) is 0 Å². The van der Waals surface area contributed by atoms with E-state index in [2.05, 4.69) is 79.5 Å². The molecule has 0 aliphatic heterocycles. The van der Waals surface area contributed by atoms with Crippen LogP contribution in [0.2, 0.25) is 0 Å². The second-order valence-electron chi connectivity index (χ2n) is 3.86. The molecule has 1 nitrogen and oxygen atoms in total. The number of rotatable bonds is 4. The van der Waals surface area contributed by atoms with Crippen LogP contribution in [-0.4, -0.2) is 7.05 Å². The molecule has 1 heterocycles. The Morgan fingerprint density at radius 1 is 1.41 bits per heavy atom. The average Bonchev–Trinajstić information content (AvgIpc) is 2.73. The van der Waals surface area contributed by atoms with Gasteiger partial charge in [-0.05, 0) is 70.8 Å². The lowest BCUT2D eigenvalue weighted by atomic mass is 10.0. The fraction of sp³-hybridized carbons (Fsp3) is 0.231. The molecule has 90 valence electrons. The molecule has 0 amide bonds. The standard InChI is InChI=1S/C13H13BrINS/c1-16-12(10-7-13(15)17-8-10)6-9-3-2-4-11(14)5-9/h2-5,7-8,12,16H,6H2,1H3. The molecule has 1 unspecified atom stereocenters. The van der Waals surface area contributed by atoms with Gasteiger partial charge in [-0.2, -0.15) is 0 Å². The maximum Gasteiger partial charge on any atom is 0.0656 e. The van der Waals surface area contributed by atoms with E-state index in [4.69, 9.17) is 0 Å². The van der Waals surface area contributed by atoms with E-state index >= 15 is 0 Å². The van der Waals surface area contributed by atoms with Gasteiger partial charge in [0, 0.05) is 10.5 Å². The van der Waals surface area contributed by atoms with Crippen LogP contribution < -0.4 is 5.32 Å². The van der Waals surface area contributed by atoms with Crippen LogP contribution in [0.4, 0.5) is 0 Å². The van der Waals surface area contributed by atoms with Gasteiger partial charge in [-0.1, -0.05) is 28.1 Å². The lowest BCUT2D eigenvalue weighted by Gasteiger charge is -2.15. The number of halogens is 2. The van der Waals surface area contributed by atoms with Gasteiger partial charge in [0.2, 0.25) is 0 Å². The molecular formula is C13H13BrINS. The minimum absolute atomic E-state index is 0.393. The van der Waals surface area contributed by atoms with Crippen molar-refractivity contribution in [2.45, 2.75) is 12.5 Å². The van der Waals surface area contributed by atoms with Crippen LogP contribution >= 0.6 is 49.9 Å². The molecule has 0 bridgehead atoms. The highest BCUT2D eigenvalue weighted by Gasteiger charge is 2.11. The topological polar surface area (TPSA) is 12.0 Å². The molecule has 0 saturated heterocycles. The zero-order chi connectivity index (χ0) is 12.3. The summed E-state index contributed by atoms with van der Waals surface area (Å²) < 4.78 is 2.48. The number of hydrogen-bond donors (Lipinski definition) is 1. The minimum Gasteiger partial charge on any atom is -0.313 e. The molecule has 1 aromatic carbocycles. The van der Waals surface area contributed by atoms with E-state index in [-0.39, 0.29) is 0 Å². The monoisotopic (exact) mass is 421 g/mol. The van der Waals surface area contributed by atoms with Crippen molar-refractivity contribution in [2.24, 2.45) is 0 Å². The first kappa shape index (κ1) is 13.5. The first-order valence-electron chi connectivity index (χ1n) is 5.34. The summed E-state index contributed by atoms with van der Waals surface area (Å²) in [5.41, 5.74) is 2.72. The van der Waals surface area contributed by atoms with Gasteiger partial charge < -0.3 is 5.32 Å². The molecule has 1 aromatic heterocycles. The first-order valence-corrected chi connectivity index (χ1v) is 8.10. The van der Waals surface area contributed by atoms with Crippen LogP contribution in [0.25, 0.3) is 0 Å². The number of benzene rings is 1. The van der Waals surface area contributed by atoms with Crippen molar-refractivity contribution in [2.75, 3.05) is 7.05 Å². The van der Waals surface area contributed by atoms with E-state index in [0.29, 0.717) is 6.04 Å². The fourth-order valence-electron chi connectivity index (χ4n) is 1.79. The van der Waals surface area contributed by atoms with Crippen LogP contribution in [0.5, 0.6) is 0 Å². The Labute approximate surface area is 128 Å². The van der Waals surface area contributed by atoms with E-state index < -0.39 is 0 Å². The van der Waals surface area contributed by atoms with Crippen molar-refractivity contribution in [3.05, 3.63) is 54.2 Å². The second-order valence-corrected chi connectivity index (χ2v) is 7.58. The third kappa shape index (κ3) is 3.77. The first-order chi connectivity index (χ1) is 8.19. The molecule has 4 heteroatoms. The third-order valence-electron chi connectivity index (χ3n) is 2.67. The van der Waals surface area contributed by atoms with Crippen molar-refractivity contribution in [3.8, 4) is 0 Å². The van der Waals surface area contributed by atoms with Crippen molar-refractivity contribution in [1.82, 2.24) is 5.32 Å². The summed E-state index contributed by atoms with van der Waals surface area (Å²) in [6.45, 7) is 0. The Morgan fingerprint density at radius 3 is 2.82 bits per heavy atom. The molecule has 0 aliphatic rings. The molecule has 0 radical (unpaired) electrons. The van der Waals surface area contributed by atoms with Crippen LogP contribution in [0.1, 0.15) is 17.2 Å². The Hall–Kier alpha value is 0.0900. The maximum absolute atomic E-state index is 3.51. The zero-order valence-corrected chi connectivity index (χ0v) is 14.0. The van der Waals surface area contributed by atoms with E-state index in [9.17, 15) is 0 Å². The Kier molecular flexibility index (Phi) is 5.02.